The van der Waals surface area contributed by atoms with E-state index in [0.29, 0.717) is 5.92 Å². The largest absolute Gasteiger partial charge is 0.0988 e. The van der Waals surface area contributed by atoms with Crippen LogP contribution in [0, 0.1) is 5.92 Å². The van der Waals surface area contributed by atoms with E-state index in [0.717, 1.165) is 0 Å². The molecule has 0 aromatic carbocycles. The van der Waals surface area contributed by atoms with Crippen molar-refractivity contribution in [2.45, 2.75) is 20.8 Å². The molecule has 0 nitrogen and oxygen atoms in total. The van der Waals surface area contributed by atoms with Gasteiger partial charge in [-0.25, -0.2) is 0 Å². The molecule has 0 radical (unpaired) electrons. The molecule has 0 bridgehead atoms. The Kier molecular flexibility index (Phi) is 4.65. The summed E-state index contributed by atoms with van der Waals surface area (Å²) in [4.78, 5) is 0. The normalized spacial score (nSPS) is 15.7. The fraction of sp³-hybridized carbons (Fsp3) is 0.400. The highest BCUT2D eigenvalue weighted by molar-refractivity contribution is 5.15. The molecule has 10 heavy (non-hydrogen) atoms. The van der Waals surface area contributed by atoms with E-state index in [-0.39, 0.29) is 0 Å². The molecule has 0 saturated heterocycles. The van der Waals surface area contributed by atoms with E-state index in [2.05, 4.69) is 38.7 Å². The minimum absolute atomic E-state index is 0.531. The monoisotopic (exact) mass is 136 g/mol. The van der Waals surface area contributed by atoms with Crippen LogP contribution in [0.25, 0.3) is 0 Å². The molecular weight excluding hydrogens is 120 g/mol. The van der Waals surface area contributed by atoms with Crippen molar-refractivity contribution in [2.75, 3.05) is 0 Å². The summed E-state index contributed by atoms with van der Waals surface area (Å²) in [7, 11) is 0. The molecule has 56 valence electrons. The molecule has 0 aromatic heterocycles. The maximum atomic E-state index is 3.68. The summed E-state index contributed by atoms with van der Waals surface area (Å²) in [5.74, 6) is 0.531. The maximum Gasteiger partial charge on any atom is -0.00763 e. The molecular formula is C10H16. The highest BCUT2D eigenvalue weighted by Gasteiger charge is 1.88. The summed E-state index contributed by atoms with van der Waals surface area (Å²) in [6.07, 6.45) is 8.29. The van der Waals surface area contributed by atoms with Crippen molar-refractivity contribution in [3.8, 4) is 0 Å². The summed E-state index contributed by atoms with van der Waals surface area (Å²) in [6, 6.07) is 0. The van der Waals surface area contributed by atoms with Crippen LogP contribution in [0.15, 0.2) is 36.5 Å². The fourth-order valence-electron chi connectivity index (χ4n) is 0.842. The Hall–Kier alpha value is -0.780. The Bertz CT molecular complexity index is 149. The van der Waals surface area contributed by atoms with Gasteiger partial charge in [-0.3, -0.25) is 0 Å². The van der Waals surface area contributed by atoms with Gasteiger partial charge in [0.25, 0.3) is 0 Å². The Balaban J connectivity index is 3.98. The first-order valence-corrected chi connectivity index (χ1v) is 3.64. The topological polar surface area (TPSA) is 0 Å². The predicted octanol–water partition coefficient (Wildman–Crippen LogP) is 3.33. The lowest BCUT2D eigenvalue weighted by atomic mass is 10.1. The van der Waals surface area contributed by atoms with Crippen LogP contribution in [0.2, 0.25) is 0 Å². The Morgan fingerprint density at radius 2 is 2.10 bits per heavy atom. The first kappa shape index (κ1) is 9.22. The molecule has 0 saturated carbocycles. The van der Waals surface area contributed by atoms with Gasteiger partial charge in [0.05, 0.1) is 0 Å². The number of rotatable bonds is 3. The van der Waals surface area contributed by atoms with Gasteiger partial charge in [0.15, 0.2) is 0 Å². The first-order chi connectivity index (χ1) is 4.70. The lowest BCUT2D eigenvalue weighted by Gasteiger charge is -1.97. The molecule has 0 aromatic rings. The summed E-state index contributed by atoms with van der Waals surface area (Å²) < 4.78 is 0. The van der Waals surface area contributed by atoms with Crippen LogP contribution in [0.3, 0.4) is 0 Å². The summed E-state index contributed by atoms with van der Waals surface area (Å²) in [5.41, 5.74) is 1.24. The van der Waals surface area contributed by atoms with E-state index >= 15 is 0 Å². The molecule has 1 atom stereocenters. The lowest BCUT2D eigenvalue weighted by Crippen LogP contribution is -1.82. The fourth-order valence-corrected chi connectivity index (χ4v) is 0.842. The zero-order chi connectivity index (χ0) is 7.98. The van der Waals surface area contributed by atoms with E-state index in [4.69, 9.17) is 0 Å². The quantitative estimate of drug-likeness (QED) is 0.412. The van der Waals surface area contributed by atoms with Gasteiger partial charge in [-0.15, -0.1) is 0 Å². The van der Waals surface area contributed by atoms with Crippen molar-refractivity contribution in [1.29, 1.82) is 0 Å². The summed E-state index contributed by atoms with van der Waals surface area (Å²) in [5, 5.41) is 0. The second kappa shape index (κ2) is 5.04. The van der Waals surface area contributed by atoms with Gasteiger partial charge >= 0.3 is 0 Å². The third kappa shape index (κ3) is 4.13. The predicted molar refractivity (Wildman–Crippen MR) is 47.9 cm³/mol. The standard InChI is InChI=1S/C10H16/c1-5-7-10(4)8-9(3)6-2/h5-8,10H,2H2,1,3-4H3/b7-5+,9-8+. The lowest BCUT2D eigenvalue weighted by molar-refractivity contribution is 0.928. The third-order valence-electron chi connectivity index (χ3n) is 1.34. The maximum absolute atomic E-state index is 3.68. The number of hydrogen-bond acceptors (Lipinski definition) is 0. The summed E-state index contributed by atoms with van der Waals surface area (Å²) in [6.45, 7) is 9.94. The van der Waals surface area contributed by atoms with Crippen LogP contribution in [-0.2, 0) is 0 Å². The van der Waals surface area contributed by atoms with Crippen LogP contribution < -0.4 is 0 Å². The highest BCUT2D eigenvalue weighted by atomic mass is 13.9. The SMILES string of the molecule is C=C/C(C)=C/C(C)/C=C/C. The molecule has 0 aliphatic carbocycles. The third-order valence-corrected chi connectivity index (χ3v) is 1.34. The molecule has 0 amide bonds. The van der Waals surface area contributed by atoms with E-state index in [1.807, 2.05) is 13.0 Å². The average molecular weight is 136 g/mol. The van der Waals surface area contributed by atoms with Crippen LogP contribution in [-0.4, -0.2) is 0 Å². The molecule has 0 spiro atoms. The van der Waals surface area contributed by atoms with Gasteiger partial charge in [-0.1, -0.05) is 43.4 Å². The molecule has 0 aliphatic rings. The van der Waals surface area contributed by atoms with Crippen molar-refractivity contribution in [3.63, 3.8) is 0 Å². The Morgan fingerprint density at radius 1 is 1.50 bits per heavy atom. The van der Waals surface area contributed by atoms with Crippen LogP contribution in [0.4, 0.5) is 0 Å². The van der Waals surface area contributed by atoms with Gasteiger partial charge in [-0.2, -0.15) is 0 Å². The van der Waals surface area contributed by atoms with Gasteiger partial charge in [0.1, 0.15) is 0 Å². The van der Waals surface area contributed by atoms with Crippen molar-refractivity contribution in [1.82, 2.24) is 0 Å². The Labute approximate surface area is 64.0 Å². The smallest absolute Gasteiger partial charge is 0.00763 e. The van der Waals surface area contributed by atoms with Crippen LogP contribution in [0.5, 0.6) is 0 Å². The van der Waals surface area contributed by atoms with Crippen LogP contribution >= 0.6 is 0 Å². The molecule has 0 heterocycles. The second-order valence-corrected chi connectivity index (χ2v) is 2.50. The van der Waals surface area contributed by atoms with E-state index in [9.17, 15) is 0 Å². The van der Waals surface area contributed by atoms with E-state index in [1.54, 1.807) is 0 Å². The molecule has 0 heteroatoms. The highest BCUT2D eigenvalue weighted by Crippen LogP contribution is 2.04. The molecule has 0 aliphatic heterocycles. The molecule has 0 rings (SSSR count). The van der Waals surface area contributed by atoms with Gasteiger partial charge in [0.2, 0.25) is 0 Å². The number of allylic oxidation sites excluding steroid dienone is 5. The zero-order valence-electron chi connectivity index (χ0n) is 7.09. The van der Waals surface area contributed by atoms with Gasteiger partial charge in [-0.05, 0) is 19.8 Å². The van der Waals surface area contributed by atoms with Gasteiger partial charge in [0, 0.05) is 0 Å². The second-order valence-electron chi connectivity index (χ2n) is 2.50. The van der Waals surface area contributed by atoms with Crippen LogP contribution in [0.1, 0.15) is 20.8 Å². The average Bonchev–Trinajstić information content (AvgIpc) is 1.88. The van der Waals surface area contributed by atoms with Gasteiger partial charge < -0.3 is 0 Å². The minimum atomic E-state index is 0.531. The van der Waals surface area contributed by atoms with Crippen molar-refractivity contribution in [2.24, 2.45) is 5.92 Å². The van der Waals surface area contributed by atoms with Crippen molar-refractivity contribution in [3.05, 3.63) is 36.5 Å². The van der Waals surface area contributed by atoms with E-state index in [1.165, 1.54) is 5.57 Å². The molecule has 0 fully saturated rings. The van der Waals surface area contributed by atoms with E-state index < -0.39 is 0 Å². The Morgan fingerprint density at radius 3 is 2.50 bits per heavy atom. The minimum Gasteiger partial charge on any atom is -0.0988 e. The first-order valence-electron chi connectivity index (χ1n) is 3.64. The zero-order valence-corrected chi connectivity index (χ0v) is 7.09. The molecule has 0 N–H and O–H groups in total. The summed E-state index contributed by atoms with van der Waals surface area (Å²) >= 11 is 0. The number of hydrogen-bond donors (Lipinski definition) is 0. The van der Waals surface area contributed by atoms with Crippen molar-refractivity contribution >= 4 is 0 Å². The van der Waals surface area contributed by atoms with Crippen molar-refractivity contribution < 1.29 is 0 Å². The molecule has 1 unspecified atom stereocenters.